The molecule has 0 saturated heterocycles. The summed E-state index contributed by atoms with van der Waals surface area (Å²) in [5.74, 6) is -0.309. The third kappa shape index (κ3) is 4.85. The first-order chi connectivity index (χ1) is 17.3. The van der Waals surface area contributed by atoms with Gasteiger partial charge in [0.15, 0.2) is 23.0 Å². The number of amides is 1. The minimum Gasteiger partial charge on any atom is -0.503 e. The summed E-state index contributed by atoms with van der Waals surface area (Å²) < 4.78 is 11.2. The highest BCUT2D eigenvalue weighted by atomic mass is 16.5. The van der Waals surface area contributed by atoms with Gasteiger partial charge in [-0.05, 0) is 67.6 Å². The standard InChI is InChI=1S/C30H31NO5/c1-5-36-26-18-22(14-16-25(26)35-4)28-27(24(32)15-13-21-9-7-6-8-10-21)29(33)30(34)31(28)23-17-19(2)11-12-20(23)3/h6-12,14,16-18,28,33H,5,13,15H2,1-4H3. The number of ether oxygens (including phenoxy) is 2. The van der Waals surface area contributed by atoms with Crippen molar-refractivity contribution in [3.8, 4) is 11.5 Å². The van der Waals surface area contributed by atoms with Crippen molar-refractivity contribution in [2.45, 2.75) is 39.7 Å². The predicted octanol–water partition coefficient (Wildman–Crippen LogP) is 5.81. The zero-order valence-electron chi connectivity index (χ0n) is 21.1. The van der Waals surface area contributed by atoms with Crippen LogP contribution in [0.2, 0.25) is 0 Å². The Morgan fingerprint density at radius 3 is 2.44 bits per heavy atom. The number of aliphatic hydroxyl groups excluding tert-OH is 1. The molecule has 0 bridgehead atoms. The van der Waals surface area contributed by atoms with Gasteiger partial charge in [0.05, 0.1) is 25.3 Å². The van der Waals surface area contributed by atoms with E-state index in [1.807, 2.05) is 69.3 Å². The maximum atomic E-state index is 13.6. The van der Waals surface area contributed by atoms with Gasteiger partial charge in [0, 0.05) is 12.1 Å². The zero-order chi connectivity index (χ0) is 25.8. The molecule has 1 aliphatic rings. The fraction of sp³-hybridized carbons (Fsp3) is 0.267. The number of hydrogen-bond donors (Lipinski definition) is 1. The Labute approximate surface area is 211 Å². The summed E-state index contributed by atoms with van der Waals surface area (Å²) in [6, 6.07) is 20.0. The van der Waals surface area contributed by atoms with Crippen LogP contribution in [0.5, 0.6) is 11.5 Å². The van der Waals surface area contributed by atoms with E-state index in [-0.39, 0.29) is 17.8 Å². The summed E-state index contributed by atoms with van der Waals surface area (Å²) in [6.45, 7) is 6.15. The normalized spacial score (nSPS) is 15.4. The summed E-state index contributed by atoms with van der Waals surface area (Å²) in [4.78, 5) is 28.6. The van der Waals surface area contributed by atoms with Crippen LogP contribution in [-0.2, 0) is 16.0 Å². The Bertz CT molecular complexity index is 1310. The number of anilines is 1. The maximum Gasteiger partial charge on any atom is 0.294 e. The summed E-state index contributed by atoms with van der Waals surface area (Å²) in [7, 11) is 1.56. The first-order valence-corrected chi connectivity index (χ1v) is 12.1. The van der Waals surface area contributed by atoms with Crippen LogP contribution in [0.3, 0.4) is 0 Å². The molecule has 1 unspecified atom stereocenters. The average molecular weight is 486 g/mol. The van der Waals surface area contributed by atoms with Crippen molar-refractivity contribution in [1.29, 1.82) is 0 Å². The molecule has 3 aromatic carbocycles. The van der Waals surface area contributed by atoms with E-state index in [1.54, 1.807) is 25.3 Å². The van der Waals surface area contributed by atoms with Crippen LogP contribution in [0.25, 0.3) is 0 Å². The van der Waals surface area contributed by atoms with Gasteiger partial charge in [-0.1, -0.05) is 48.5 Å². The van der Waals surface area contributed by atoms with Crippen LogP contribution in [0.15, 0.2) is 78.1 Å². The van der Waals surface area contributed by atoms with E-state index in [0.717, 1.165) is 16.7 Å². The summed E-state index contributed by atoms with van der Waals surface area (Å²) in [6.07, 6.45) is 0.677. The lowest BCUT2D eigenvalue weighted by molar-refractivity contribution is -0.118. The van der Waals surface area contributed by atoms with E-state index in [2.05, 4.69) is 0 Å². The second kappa shape index (κ2) is 10.7. The quantitative estimate of drug-likeness (QED) is 0.414. The molecule has 6 nitrogen and oxygen atoms in total. The molecule has 1 atom stereocenters. The number of hydrogen-bond acceptors (Lipinski definition) is 5. The van der Waals surface area contributed by atoms with E-state index in [4.69, 9.17) is 9.47 Å². The number of aryl methyl sites for hydroxylation is 3. The molecule has 0 radical (unpaired) electrons. The van der Waals surface area contributed by atoms with Crippen molar-refractivity contribution in [2.75, 3.05) is 18.6 Å². The molecule has 0 fully saturated rings. The number of nitrogens with zero attached hydrogens (tertiary/aromatic N) is 1. The van der Waals surface area contributed by atoms with Crippen molar-refractivity contribution in [3.63, 3.8) is 0 Å². The molecule has 1 amide bonds. The maximum absolute atomic E-state index is 13.6. The first-order valence-electron chi connectivity index (χ1n) is 12.1. The molecule has 0 spiro atoms. The lowest BCUT2D eigenvalue weighted by atomic mass is 9.92. The molecule has 0 aromatic heterocycles. The summed E-state index contributed by atoms with van der Waals surface area (Å²) >= 11 is 0. The van der Waals surface area contributed by atoms with Crippen LogP contribution in [0.1, 0.15) is 41.6 Å². The number of Topliss-reactive ketones (excluding diaryl/α,β-unsaturated/α-hetero) is 1. The largest absolute Gasteiger partial charge is 0.503 e. The van der Waals surface area contributed by atoms with Gasteiger partial charge in [0.2, 0.25) is 0 Å². The number of ketones is 1. The Morgan fingerprint density at radius 2 is 1.75 bits per heavy atom. The fourth-order valence-corrected chi connectivity index (χ4v) is 4.60. The number of rotatable bonds is 9. The lowest BCUT2D eigenvalue weighted by Crippen LogP contribution is -2.31. The molecule has 186 valence electrons. The number of carbonyl (C=O) groups is 2. The molecule has 6 heteroatoms. The highest BCUT2D eigenvalue weighted by Gasteiger charge is 2.44. The Morgan fingerprint density at radius 1 is 1.00 bits per heavy atom. The topological polar surface area (TPSA) is 76.1 Å². The average Bonchev–Trinajstić information content (AvgIpc) is 3.15. The molecule has 1 N–H and O–H groups in total. The van der Waals surface area contributed by atoms with Gasteiger partial charge in [-0.3, -0.25) is 14.5 Å². The van der Waals surface area contributed by atoms with E-state index in [0.29, 0.717) is 35.8 Å². The van der Waals surface area contributed by atoms with E-state index in [9.17, 15) is 14.7 Å². The highest BCUT2D eigenvalue weighted by molar-refractivity contribution is 6.16. The Hall–Kier alpha value is -4.06. The SMILES string of the molecule is CCOc1cc(C2C(C(=O)CCc3ccccc3)=C(O)C(=O)N2c2cc(C)ccc2C)ccc1OC. The van der Waals surface area contributed by atoms with Crippen molar-refractivity contribution in [3.05, 3.63) is 100 Å². The summed E-state index contributed by atoms with van der Waals surface area (Å²) in [5.41, 5.74) is 4.25. The molecule has 36 heavy (non-hydrogen) atoms. The number of aliphatic hydroxyl groups is 1. The van der Waals surface area contributed by atoms with Gasteiger partial charge < -0.3 is 14.6 Å². The van der Waals surface area contributed by atoms with Crippen LogP contribution < -0.4 is 14.4 Å². The molecule has 4 rings (SSSR count). The Balaban J connectivity index is 1.81. The predicted molar refractivity (Wildman–Crippen MR) is 140 cm³/mol. The van der Waals surface area contributed by atoms with Gasteiger partial charge in [-0.15, -0.1) is 0 Å². The van der Waals surface area contributed by atoms with Crippen molar-refractivity contribution in [1.82, 2.24) is 0 Å². The molecule has 3 aromatic rings. The van der Waals surface area contributed by atoms with Crippen molar-refractivity contribution < 1.29 is 24.2 Å². The smallest absolute Gasteiger partial charge is 0.294 e. The zero-order valence-corrected chi connectivity index (χ0v) is 21.1. The lowest BCUT2D eigenvalue weighted by Gasteiger charge is -2.29. The first kappa shape index (κ1) is 25.0. The van der Waals surface area contributed by atoms with Crippen molar-refractivity contribution in [2.24, 2.45) is 0 Å². The van der Waals surface area contributed by atoms with E-state index in [1.165, 1.54) is 4.90 Å². The van der Waals surface area contributed by atoms with Gasteiger partial charge >= 0.3 is 0 Å². The minimum absolute atomic E-state index is 0.101. The Kier molecular flexibility index (Phi) is 7.44. The minimum atomic E-state index is -0.800. The number of methoxy groups -OCH3 is 1. The number of carbonyl (C=O) groups excluding carboxylic acids is 2. The molecule has 0 aliphatic carbocycles. The van der Waals surface area contributed by atoms with Gasteiger partial charge in [0.1, 0.15) is 0 Å². The van der Waals surface area contributed by atoms with E-state index >= 15 is 0 Å². The van der Waals surface area contributed by atoms with Crippen molar-refractivity contribution >= 4 is 17.4 Å². The second-order valence-corrected chi connectivity index (χ2v) is 8.88. The second-order valence-electron chi connectivity index (χ2n) is 8.88. The third-order valence-corrected chi connectivity index (χ3v) is 6.42. The number of benzene rings is 3. The molecular weight excluding hydrogens is 454 g/mol. The van der Waals surface area contributed by atoms with Gasteiger partial charge in [-0.25, -0.2) is 0 Å². The molecule has 1 heterocycles. The molecular formula is C30H31NO5. The van der Waals surface area contributed by atoms with Crippen LogP contribution in [0.4, 0.5) is 5.69 Å². The van der Waals surface area contributed by atoms with Crippen LogP contribution >= 0.6 is 0 Å². The highest BCUT2D eigenvalue weighted by Crippen LogP contribution is 2.44. The van der Waals surface area contributed by atoms with Gasteiger partial charge in [0.25, 0.3) is 5.91 Å². The van der Waals surface area contributed by atoms with Crippen LogP contribution in [-0.4, -0.2) is 30.5 Å². The third-order valence-electron chi connectivity index (χ3n) is 6.42. The monoisotopic (exact) mass is 485 g/mol. The summed E-state index contributed by atoms with van der Waals surface area (Å²) in [5, 5.41) is 11.0. The van der Waals surface area contributed by atoms with Crippen LogP contribution in [0, 0.1) is 13.8 Å². The molecule has 0 saturated carbocycles. The van der Waals surface area contributed by atoms with Gasteiger partial charge in [-0.2, -0.15) is 0 Å². The molecule has 1 aliphatic heterocycles. The fourth-order valence-electron chi connectivity index (χ4n) is 4.60. The van der Waals surface area contributed by atoms with E-state index < -0.39 is 17.7 Å².